The third kappa shape index (κ3) is 5.28. The Morgan fingerprint density at radius 3 is 1.24 bits per heavy atom. The van der Waals surface area contributed by atoms with Crippen LogP contribution in [0.2, 0.25) is 0 Å². The predicted molar refractivity (Wildman–Crippen MR) is 203 cm³/mol. The zero-order valence-corrected chi connectivity index (χ0v) is 27.7. The summed E-state index contributed by atoms with van der Waals surface area (Å²) < 4.78 is 0. The molecule has 0 saturated carbocycles. The first kappa shape index (κ1) is 29.6. The van der Waals surface area contributed by atoms with E-state index in [0.717, 1.165) is 11.4 Å². The highest BCUT2D eigenvalue weighted by molar-refractivity contribution is 6.99. The van der Waals surface area contributed by atoms with Crippen molar-refractivity contribution >= 4 is 56.0 Å². The van der Waals surface area contributed by atoms with Crippen molar-refractivity contribution in [2.75, 3.05) is 5.32 Å². The van der Waals surface area contributed by atoms with E-state index < -0.39 is 0 Å². The van der Waals surface area contributed by atoms with Gasteiger partial charge in [0.05, 0.1) is 0 Å². The van der Waals surface area contributed by atoms with Crippen LogP contribution in [0.4, 0.5) is 11.4 Å². The maximum Gasteiger partial charge on any atom is 0.244 e. The summed E-state index contributed by atoms with van der Waals surface area (Å²) in [4.78, 5) is 0. The fourth-order valence-corrected chi connectivity index (χ4v) is 7.92. The molecule has 0 fully saturated rings. The zero-order valence-electron chi connectivity index (χ0n) is 27.7. The Bertz CT molecular complexity index is 2070. The van der Waals surface area contributed by atoms with E-state index in [0.29, 0.717) is 0 Å². The van der Waals surface area contributed by atoms with Crippen molar-refractivity contribution in [3.05, 3.63) is 161 Å². The molecular weight excluding hydrogens is 553 g/mol. The summed E-state index contributed by atoms with van der Waals surface area (Å²) >= 11 is 0. The van der Waals surface area contributed by atoms with Crippen molar-refractivity contribution < 1.29 is 0 Å². The lowest BCUT2D eigenvalue weighted by atomic mass is 9.33. The van der Waals surface area contributed by atoms with Gasteiger partial charge in [-0.1, -0.05) is 153 Å². The smallest absolute Gasteiger partial charge is 0.244 e. The molecule has 0 aromatic heterocycles. The number of fused-ring (bicyclic) bond motifs is 2. The van der Waals surface area contributed by atoms with Gasteiger partial charge < -0.3 is 5.32 Å². The van der Waals surface area contributed by atoms with Crippen LogP contribution < -0.4 is 21.7 Å². The fourth-order valence-electron chi connectivity index (χ4n) is 7.92. The summed E-state index contributed by atoms with van der Waals surface area (Å²) in [5.74, 6) is 0. The number of anilines is 2. The number of hydrogen-bond acceptors (Lipinski definition) is 1. The van der Waals surface area contributed by atoms with Crippen LogP contribution in [0.5, 0.6) is 0 Å². The number of para-hydroxylation sites is 1. The Balaban J connectivity index is 1.53. The molecule has 2 heteroatoms. The molecule has 0 bridgehead atoms. The molecule has 0 spiro atoms. The lowest BCUT2D eigenvalue weighted by Gasteiger charge is -2.28. The third-order valence-corrected chi connectivity index (χ3v) is 9.55. The third-order valence-electron chi connectivity index (χ3n) is 9.55. The number of hydrogen-bond donors (Lipinski definition) is 1. The van der Waals surface area contributed by atoms with E-state index in [1.807, 2.05) is 6.07 Å². The fraction of sp³-hybridized carbons (Fsp3) is 0.136. The van der Waals surface area contributed by atoms with E-state index in [4.69, 9.17) is 0 Å². The normalized spacial score (nSPS) is 11.3. The first-order chi connectivity index (χ1) is 22.3. The van der Waals surface area contributed by atoms with Crippen molar-refractivity contribution in [1.29, 1.82) is 0 Å². The van der Waals surface area contributed by atoms with Gasteiger partial charge in [-0.2, -0.15) is 0 Å². The standard InChI is InChI=1S/C44H40BN/c1-28-24-30(3)42(31(4)25-28)45(43-32(5)26-29(2)27-33(43)6)44-39-18-12-10-16-37(39)41(38-17-11-13-19-40(38)44)34-20-22-36(23-21-34)46-35-14-8-7-9-15-35/h7-27,46H,1-6H3. The van der Waals surface area contributed by atoms with Crippen LogP contribution in [0.15, 0.2) is 127 Å². The Morgan fingerprint density at radius 1 is 0.391 bits per heavy atom. The average Bonchev–Trinajstić information content (AvgIpc) is 3.03. The number of aryl methyl sites for hydroxylation is 6. The van der Waals surface area contributed by atoms with Crippen LogP contribution in [0.3, 0.4) is 0 Å². The van der Waals surface area contributed by atoms with Gasteiger partial charge in [-0.15, -0.1) is 0 Å². The molecule has 0 atom stereocenters. The summed E-state index contributed by atoms with van der Waals surface area (Å²) in [5.41, 5.74) is 16.9. The van der Waals surface area contributed by atoms with Gasteiger partial charge in [0.15, 0.2) is 0 Å². The summed E-state index contributed by atoms with van der Waals surface area (Å²) in [6.07, 6.45) is 0. The number of rotatable bonds is 6. The summed E-state index contributed by atoms with van der Waals surface area (Å²) in [5, 5.41) is 8.74. The van der Waals surface area contributed by atoms with Gasteiger partial charge in [0, 0.05) is 11.4 Å². The lowest BCUT2D eigenvalue weighted by Crippen LogP contribution is -2.56. The SMILES string of the molecule is Cc1cc(C)c(B(c2c(C)cc(C)cc2C)c2c3ccccc3c(-c3ccc(Nc4ccccc4)cc3)c3ccccc23)c(C)c1. The minimum absolute atomic E-state index is 0.0856. The topological polar surface area (TPSA) is 12.0 Å². The van der Waals surface area contributed by atoms with Crippen molar-refractivity contribution in [2.24, 2.45) is 0 Å². The second kappa shape index (κ2) is 12.0. The Kier molecular flexibility index (Phi) is 7.74. The van der Waals surface area contributed by atoms with Gasteiger partial charge in [-0.3, -0.25) is 0 Å². The average molecular weight is 594 g/mol. The molecule has 46 heavy (non-hydrogen) atoms. The Morgan fingerprint density at radius 2 is 0.783 bits per heavy atom. The molecular formula is C44H40BN. The van der Waals surface area contributed by atoms with Gasteiger partial charge >= 0.3 is 0 Å². The molecule has 0 unspecified atom stereocenters. The van der Waals surface area contributed by atoms with E-state index >= 15 is 0 Å². The Hall–Kier alpha value is -5.08. The molecule has 7 aromatic carbocycles. The largest absolute Gasteiger partial charge is 0.356 e. The minimum Gasteiger partial charge on any atom is -0.356 e. The van der Waals surface area contributed by atoms with Crippen LogP contribution >= 0.6 is 0 Å². The molecule has 0 aliphatic carbocycles. The summed E-state index contributed by atoms with van der Waals surface area (Å²) in [7, 11) is 0. The molecule has 0 saturated heterocycles. The second-order valence-corrected chi connectivity index (χ2v) is 13.0. The van der Waals surface area contributed by atoms with Gasteiger partial charge in [0.2, 0.25) is 6.71 Å². The van der Waals surface area contributed by atoms with Crippen LogP contribution in [-0.4, -0.2) is 6.71 Å². The molecule has 0 aliphatic heterocycles. The monoisotopic (exact) mass is 593 g/mol. The molecule has 1 nitrogen and oxygen atoms in total. The predicted octanol–water partition coefficient (Wildman–Crippen LogP) is 9.77. The van der Waals surface area contributed by atoms with Gasteiger partial charge in [0.1, 0.15) is 0 Å². The molecule has 1 N–H and O–H groups in total. The van der Waals surface area contributed by atoms with E-state index in [1.54, 1.807) is 0 Å². The number of nitrogens with one attached hydrogen (secondary N) is 1. The zero-order chi connectivity index (χ0) is 31.9. The maximum atomic E-state index is 3.55. The molecule has 0 amide bonds. The van der Waals surface area contributed by atoms with Gasteiger partial charge in [0.25, 0.3) is 0 Å². The van der Waals surface area contributed by atoms with Crippen molar-refractivity contribution in [1.82, 2.24) is 0 Å². The Labute approximate surface area is 274 Å². The quantitative estimate of drug-likeness (QED) is 0.150. The van der Waals surface area contributed by atoms with Crippen LogP contribution in [0, 0.1) is 41.5 Å². The van der Waals surface area contributed by atoms with E-state index in [1.165, 1.54) is 82.4 Å². The van der Waals surface area contributed by atoms with Gasteiger partial charge in [-0.25, -0.2) is 0 Å². The van der Waals surface area contributed by atoms with Crippen molar-refractivity contribution in [3.8, 4) is 11.1 Å². The second-order valence-electron chi connectivity index (χ2n) is 13.0. The summed E-state index contributed by atoms with van der Waals surface area (Å²) in [6, 6.07) is 46.8. The van der Waals surface area contributed by atoms with Crippen LogP contribution in [-0.2, 0) is 0 Å². The van der Waals surface area contributed by atoms with Crippen LogP contribution in [0.25, 0.3) is 32.7 Å². The van der Waals surface area contributed by atoms with Crippen molar-refractivity contribution in [2.45, 2.75) is 41.5 Å². The molecule has 7 rings (SSSR count). The van der Waals surface area contributed by atoms with E-state index in [9.17, 15) is 0 Å². The molecule has 0 heterocycles. The minimum atomic E-state index is 0.0856. The highest BCUT2D eigenvalue weighted by Gasteiger charge is 2.32. The maximum absolute atomic E-state index is 3.55. The van der Waals surface area contributed by atoms with Crippen molar-refractivity contribution in [3.63, 3.8) is 0 Å². The highest BCUT2D eigenvalue weighted by atomic mass is 14.9. The first-order valence-corrected chi connectivity index (χ1v) is 16.3. The highest BCUT2D eigenvalue weighted by Crippen LogP contribution is 2.37. The molecule has 0 aliphatic rings. The van der Waals surface area contributed by atoms with Crippen LogP contribution in [0.1, 0.15) is 33.4 Å². The first-order valence-electron chi connectivity index (χ1n) is 16.3. The molecule has 224 valence electrons. The van der Waals surface area contributed by atoms with Gasteiger partial charge in [-0.05, 0) is 98.5 Å². The molecule has 7 aromatic rings. The molecule has 0 radical (unpaired) electrons. The lowest BCUT2D eigenvalue weighted by molar-refractivity contribution is 1.34. The van der Waals surface area contributed by atoms with E-state index in [-0.39, 0.29) is 6.71 Å². The summed E-state index contributed by atoms with van der Waals surface area (Å²) in [6.45, 7) is 13.7. The number of benzene rings is 7. The van der Waals surface area contributed by atoms with E-state index in [2.05, 4.69) is 168 Å².